The fourth-order valence-corrected chi connectivity index (χ4v) is 2.20. The van der Waals surface area contributed by atoms with E-state index in [-0.39, 0.29) is 11.7 Å². The maximum atomic E-state index is 11.4. The number of benzene rings is 1. The molecule has 0 bridgehead atoms. The van der Waals surface area contributed by atoms with E-state index in [0.717, 1.165) is 6.26 Å². The lowest BCUT2D eigenvalue weighted by Gasteiger charge is -2.03. The van der Waals surface area contributed by atoms with E-state index < -0.39 is 15.1 Å². The van der Waals surface area contributed by atoms with Crippen LogP contribution in [0.15, 0.2) is 22.7 Å². The van der Waals surface area contributed by atoms with Crippen molar-refractivity contribution in [3.63, 3.8) is 0 Å². The van der Waals surface area contributed by atoms with Crippen LogP contribution in [0.5, 0.6) is 0 Å². The number of nitrogen functional groups attached to an aromatic ring is 1. The summed E-state index contributed by atoms with van der Waals surface area (Å²) in [5.74, 6) is 0.186. The highest BCUT2D eigenvalue weighted by atomic mass is 35.5. The Morgan fingerprint density at radius 1 is 1.42 bits per heavy atom. The van der Waals surface area contributed by atoms with Crippen LogP contribution in [0.2, 0.25) is 5.02 Å². The number of aromatic nitrogens is 2. The van der Waals surface area contributed by atoms with Crippen LogP contribution in [0, 0.1) is 0 Å². The number of anilines is 1. The third-order valence-corrected chi connectivity index (χ3v) is 4.52. The minimum atomic E-state index is -3.29. The second-order valence-electron chi connectivity index (χ2n) is 4.13. The van der Waals surface area contributed by atoms with Crippen LogP contribution in [0.4, 0.5) is 5.69 Å². The number of rotatable bonds is 3. The van der Waals surface area contributed by atoms with Crippen LogP contribution >= 0.6 is 11.6 Å². The van der Waals surface area contributed by atoms with Gasteiger partial charge in [-0.3, -0.25) is 0 Å². The first-order valence-corrected chi connectivity index (χ1v) is 7.71. The molecular formula is C11H12ClN3O3S. The quantitative estimate of drug-likeness (QED) is 0.871. The van der Waals surface area contributed by atoms with E-state index >= 15 is 0 Å². The van der Waals surface area contributed by atoms with Gasteiger partial charge in [-0.05, 0) is 19.1 Å². The number of hydrogen-bond donors (Lipinski definition) is 1. The van der Waals surface area contributed by atoms with E-state index in [1.165, 1.54) is 6.92 Å². The van der Waals surface area contributed by atoms with Crippen LogP contribution in [-0.2, 0) is 9.84 Å². The van der Waals surface area contributed by atoms with Gasteiger partial charge >= 0.3 is 0 Å². The molecule has 2 N–H and O–H groups in total. The molecule has 1 atom stereocenters. The van der Waals surface area contributed by atoms with Gasteiger partial charge in [0.15, 0.2) is 15.7 Å². The monoisotopic (exact) mass is 301 g/mol. The lowest BCUT2D eigenvalue weighted by Crippen LogP contribution is -2.09. The standard InChI is InChI=1S/C11H12ClN3O3S/c1-6(19(2,16)17)10-14-11(18-15-10)9-7(12)4-3-5-8(9)13/h3-6H,13H2,1-2H3. The molecule has 1 aromatic heterocycles. The molecule has 0 aliphatic heterocycles. The molecule has 6 nitrogen and oxygen atoms in total. The molecular weight excluding hydrogens is 290 g/mol. The van der Waals surface area contributed by atoms with Crippen LogP contribution in [0.3, 0.4) is 0 Å². The Bertz CT molecular complexity index is 691. The average Bonchev–Trinajstić information content (AvgIpc) is 2.75. The number of hydrogen-bond acceptors (Lipinski definition) is 6. The van der Waals surface area contributed by atoms with Gasteiger partial charge in [-0.2, -0.15) is 4.98 Å². The maximum absolute atomic E-state index is 11.4. The molecule has 19 heavy (non-hydrogen) atoms. The van der Waals surface area contributed by atoms with E-state index in [4.69, 9.17) is 21.9 Å². The van der Waals surface area contributed by atoms with Crippen molar-refractivity contribution in [1.29, 1.82) is 0 Å². The molecule has 1 heterocycles. The lowest BCUT2D eigenvalue weighted by molar-refractivity contribution is 0.422. The van der Waals surface area contributed by atoms with Gasteiger partial charge in [0.25, 0.3) is 5.89 Å². The van der Waals surface area contributed by atoms with Crippen molar-refractivity contribution in [1.82, 2.24) is 10.1 Å². The van der Waals surface area contributed by atoms with Crippen LogP contribution in [-0.4, -0.2) is 24.8 Å². The molecule has 0 saturated heterocycles. The first kappa shape index (κ1) is 13.8. The smallest absolute Gasteiger partial charge is 0.261 e. The Hall–Kier alpha value is -1.60. The highest BCUT2D eigenvalue weighted by Crippen LogP contribution is 2.32. The molecule has 0 aliphatic carbocycles. The van der Waals surface area contributed by atoms with E-state index in [2.05, 4.69) is 10.1 Å². The number of nitrogens with two attached hydrogens (primary N) is 1. The molecule has 1 aromatic carbocycles. The summed E-state index contributed by atoms with van der Waals surface area (Å²) in [7, 11) is -3.29. The van der Waals surface area contributed by atoms with Crippen molar-refractivity contribution in [2.75, 3.05) is 12.0 Å². The maximum Gasteiger partial charge on any atom is 0.261 e. The van der Waals surface area contributed by atoms with E-state index in [1.807, 2.05) is 0 Å². The van der Waals surface area contributed by atoms with Gasteiger partial charge in [0.2, 0.25) is 0 Å². The molecule has 8 heteroatoms. The van der Waals surface area contributed by atoms with E-state index in [1.54, 1.807) is 18.2 Å². The summed E-state index contributed by atoms with van der Waals surface area (Å²) < 4.78 is 27.9. The summed E-state index contributed by atoms with van der Waals surface area (Å²) in [5, 5.41) is 3.17. The van der Waals surface area contributed by atoms with Gasteiger partial charge < -0.3 is 10.3 Å². The molecule has 0 saturated carbocycles. The Morgan fingerprint density at radius 3 is 2.68 bits per heavy atom. The minimum Gasteiger partial charge on any atom is -0.398 e. The van der Waals surface area contributed by atoms with Gasteiger partial charge in [-0.1, -0.05) is 22.8 Å². The molecule has 0 amide bonds. The summed E-state index contributed by atoms with van der Waals surface area (Å²) in [6.45, 7) is 1.49. The fraction of sp³-hybridized carbons (Fsp3) is 0.273. The third kappa shape index (κ3) is 2.71. The third-order valence-electron chi connectivity index (χ3n) is 2.71. The molecule has 2 rings (SSSR count). The molecule has 0 fully saturated rings. The summed E-state index contributed by atoms with van der Waals surface area (Å²) in [6, 6.07) is 4.97. The predicted octanol–water partition coefficient (Wildman–Crippen LogP) is 2.08. The topological polar surface area (TPSA) is 99.1 Å². The zero-order valence-electron chi connectivity index (χ0n) is 10.3. The molecule has 102 valence electrons. The van der Waals surface area contributed by atoms with Gasteiger partial charge in [-0.15, -0.1) is 0 Å². The largest absolute Gasteiger partial charge is 0.398 e. The Balaban J connectivity index is 2.48. The summed E-state index contributed by atoms with van der Waals surface area (Å²) >= 11 is 6.02. The van der Waals surface area contributed by atoms with Crippen LogP contribution in [0.1, 0.15) is 18.0 Å². The van der Waals surface area contributed by atoms with Crippen molar-refractivity contribution < 1.29 is 12.9 Å². The fourth-order valence-electron chi connectivity index (χ4n) is 1.46. The lowest BCUT2D eigenvalue weighted by atomic mass is 10.2. The first-order valence-electron chi connectivity index (χ1n) is 5.37. The van der Waals surface area contributed by atoms with E-state index in [0.29, 0.717) is 16.3 Å². The highest BCUT2D eigenvalue weighted by Gasteiger charge is 2.24. The average molecular weight is 302 g/mol. The normalized spacial score (nSPS) is 13.4. The second-order valence-corrected chi connectivity index (χ2v) is 6.91. The van der Waals surface area contributed by atoms with E-state index in [9.17, 15) is 8.42 Å². The summed E-state index contributed by atoms with van der Waals surface area (Å²) in [4.78, 5) is 4.05. The molecule has 0 aliphatic rings. The number of halogens is 1. The number of sulfone groups is 1. The molecule has 2 aromatic rings. The Morgan fingerprint density at radius 2 is 2.11 bits per heavy atom. The van der Waals surface area contributed by atoms with Crippen LogP contribution in [0.25, 0.3) is 11.5 Å². The molecule has 0 radical (unpaired) electrons. The van der Waals surface area contributed by atoms with Crippen molar-refractivity contribution in [3.8, 4) is 11.5 Å². The molecule has 1 unspecified atom stereocenters. The summed E-state index contributed by atoms with van der Waals surface area (Å²) in [5.41, 5.74) is 6.58. The molecule has 0 spiro atoms. The van der Waals surface area contributed by atoms with Gasteiger partial charge in [0, 0.05) is 11.9 Å². The Labute approximate surface area is 115 Å². The van der Waals surface area contributed by atoms with Crippen molar-refractivity contribution in [3.05, 3.63) is 29.0 Å². The Kier molecular flexibility index (Phi) is 3.51. The summed E-state index contributed by atoms with van der Waals surface area (Å²) in [6.07, 6.45) is 1.11. The number of nitrogens with zero attached hydrogens (tertiary/aromatic N) is 2. The second kappa shape index (κ2) is 4.82. The van der Waals surface area contributed by atoms with Crippen molar-refractivity contribution in [2.45, 2.75) is 12.2 Å². The van der Waals surface area contributed by atoms with Gasteiger partial charge in [0.1, 0.15) is 5.25 Å². The SMILES string of the molecule is CC(c1noc(-c2c(N)cccc2Cl)n1)S(C)(=O)=O. The zero-order valence-corrected chi connectivity index (χ0v) is 11.9. The zero-order chi connectivity index (χ0) is 14.2. The van der Waals surface area contributed by atoms with Crippen LogP contribution < -0.4 is 5.73 Å². The first-order chi connectivity index (χ1) is 8.80. The highest BCUT2D eigenvalue weighted by molar-refractivity contribution is 7.90. The van der Waals surface area contributed by atoms with Crippen molar-refractivity contribution in [2.24, 2.45) is 0 Å². The van der Waals surface area contributed by atoms with Gasteiger partial charge in [0.05, 0.1) is 10.6 Å². The van der Waals surface area contributed by atoms with Gasteiger partial charge in [-0.25, -0.2) is 8.42 Å². The minimum absolute atomic E-state index is 0.0804. The van der Waals surface area contributed by atoms with Crippen molar-refractivity contribution >= 4 is 27.1 Å². The predicted molar refractivity (Wildman–Crippen MR) is 72.4 cm³/mol.